The topological polar surface area (TPSA) is 72.3 Å². The third kappa shape index (κ3) is 2.90. The van der Waals surface area contributed by atoms with E-state index in [4.69, 9.17) is 9.84 Å². The van der Waals surface area contributed by atoms with Crippen molar-refractivity contribution in [3.63, 3.8) is 0 Å². The van der Waals surface area contributed by atoms with Crippen molar-refractivity contribution in [3.8, 4) is 5.88 Å². The smallest absolute Gasteiger partial charge is 0.306 e. The lowest BCUT2D eigenvalue weighted by molar-refractivity contribution is -0.141. The summed E-state index contributed by atoms with van der Waals surface area (Å²) in [7, 11) is 1.52. The fourth-order valence-corrected chi connectivity index (χ4v) is 1.22. The minimum Gasteiger partial charge on any atom is -0.481 e. The molecule has 0 radical (unpaired) electrons. The summed E-state index contributed by atoms with van der Waals surface area (Å²) in [6.45, 7) is 3.42. The van der Waals surface area contributed by atoms with Crippen LogP contribution in [0, 0.1) is 12.8 Å². The van der Waals surface area contributed by atoms with Crippen molar-refractivity contribution in [1.29, 1.82) is 0 Å². The third-order valence-electron chi connectivity index (χ3n) is 2.08. The van der Waals surface area contributed by atoms with Gasteiger partial charge in [0.1, 0.15) is 0 Å². The first-order chi connectivity index (χ1) is 7.04. The van der Waals surface area contributed by atoms with E-state index in [1.165, 1.54) is 7.11 Å². The molecule has 1 atom stereocenters. The molecule has 0 saturated heterocycles. The Morgan fingerprint density at radius 1 is 1.67 bits per heavy atom. The standard InChI is InChI=1S/C10H14N2O3/c1-6(10(13)14)4-8-5-11-9(15-3)7(2)12-8/h5-6H,4H2,1-3H3,(H,13,14). The summed E-state index contributed by atoms with van der Waals surface area (Å²) in [5.74, 6) is -0.806. The van der Waals surface area contributed by atoms with Crippen LogP contribution in [0.1, 0.15) is 18.3 Å². The molecule has 0 aromatic carbocycles. The normalized spacial score (nSPS) is 12.2. The summed E-state index contributed by atoms with van der Waals surface area (Å²) in [4.78, 5) is 18.9. The quantitative estimate of drug-likeness (QED) is 0.804. The molecule has 0 fully saturated rings. The van der Waals surface area contributed by atoms with Crippen LogP contribution in [0.5, 0.6) is 5.88 Å². The van der Waals surface area contributed by atoms with Crippen molar-refractivity contribution >= 4 is 5.97 Å². The Morgan fingerprint density at radius 3 is 2.80 bits per heavy atom. The number of methoxy groups -OCH3 is 1. The Kier molecular flexibility index (Phi) is 3.60. The number of ether oxygens (including phenoxy) is 1. The lowest BCUT2D eigenvalue weighted by atomic mass is 10.1. The van der Waals surface area contributed by atoms with Crippen LogP contribution in [0.2, 0.25) is 0 Å². The molecule has 1 aromatic rings. The summed E-state index contributed by atoms with van der Waals surface area (Å²) < 4.78 is 4.96. The maximum absolute atomic E-state index is 10.6. The van der Waals surface area contributed by atoms with Gasteiger partial charge in [-0.1, -0.05) is 6.92 Å². The minimum absolute atomic E-state index is 0.382. The third-order valence-corrected chi connectivity index (χ3v) is 2.08. The first kappa shape index (κ1) is 11.4. The van der Waals surface area contributed by atoms with Crippen LogP contribution in [-0.2, 0) is 11.2 Å². The Balaban J connectivity index is 2.79. The summed E-state index contributed by atoms with van der Waals surface area (Å²) in [5, 5.41) is 8.74. The van der Waals surface area contributed by atoms with Gasteiger partial charge in [-0.2, -0.15) is 0 Å². The SMILES string of the molecule is COc1ncc(CC(C)C(=O)O)nc1C. The van der Waals surface area contributed by atoms with Gasteiger partial charge in [0.2, 0.25) is 5.88 Å². The van der Waals surface area contributed by atoms with Crippen molar-refractivity contribution < 1.29 is 14.6 Å². The van der Waals surface area contributed by atoms with Gasteiger partial charge in [0, 0.05) is 6.42 Å². The molecule has 0 amide bonds. The van der Waals surface area contributed by atoms with Crippen LogP contribution < -0.4 is 4.74 Å². The van der Waals surface area contributed by atoms with Crippen molar-refractivity contribution in [3.05, 3.63) is 17.6 Å². The van der Waals surface area contributed by atoms with E-state index in [2.05, 4.69) is 9.97 Å². The Morgan fingerprint density at radius 2 is 2.33 bits per heavy atom. The van der Waals surface area contributed by atoms with Gasteiger partial charge < -0.3 is 9.84 Å². The van der Waals surface area contributed by atoms with Crippen molar-refractivity contribution in [1.82, 2.24) is 9.97 Å². The first-order valence-electron chi connectivity index (χ1n) is 4.64. The average molecular weight is 210 g/mol. The molecule has 0 spiro atoms. The molecule has 0 aliphatic rings. The second kappa shape index (κ2) is 4.72. The summed E-state index contributed by atoms with van der Waals surface area (Å²) in [6, 6.07) is 0. The first-order valence-corrected chi connectivity index (χ1v) is 4.64. The van der Waals surface area contributed by atoms with Gasteiger partial charge in [-0.25, -0.2) is 4.98 Å². The summed E-state index contributed by atoms with van der Waals surface area (Å²) in [6.07, 6.45) is 1.93. The van der Waals surface area contributed by atoms with E-state index < -0.39 is 11.9 Å². The zero-order valence-corrected chi connectivity index (χ0v) is 9.02. The summed E-state index contributed by atoms with van der Waals surface area (Å²) in [5.41, 5.74) is 1.34. The number of nitrogens with zero attached hydrogens (tertiary/aromatic N) is 2. The average Bonchev–Trinajstić information content (AvgIpc) is 2.18. The highest BCUT2D eigenvalue weighted by atomic mass is 16.5. The van der Waals surface area contributed by atoms with Crippen molar-refractivity contribution in [2.75, 3.05) is 7.11 Å². The lowest BCUT2D eigenvalue weighted by Crippen LogP contribution is -2.13. The van der Waals surface area contributed by atoms with E-state index in [1.807, 2.05) is 0 Å². The monoisotopic (exact) mass is 210 g/mol. The highest BCUT2D eigenvalue weighted by molar-refractivity contribution is 5.69. The second-order valence-corrected chi connectivity index (χ2v) is 3.40. The maximum Gasteiger partial charge on any atom is 0.306 e. The number of hydrogen-bond donors (Lipinski definition) is 1. The summed E-state index contributed by atoms with van der Waals surface area (Å²) >= 11 is 0. The molecule has 1 unspecified atom stereocenters. The van der Waals surface area contributed by atoms with Gasteiger partial charge in [-0.3, -0.25) is 9.78 Å². The van der Waals surface area contributed by atoms with Gasteiger partial charge in [-0.15, -0.1) is 0 Å². The van der Waals surface area contributed by atoms with Gasteiger partial charge in [0.25, 0.3) is 0 Å². The predicted molar refractivity (Wildman–Crippen MR) is 53.8 cm³/mol. The molecule has 0 bridgehead atoms. The molecule has 0 saturated carbocycles. The highest BCUT2D eigenvalue weighted by Gasteiger charge is 2.13. The largest absolute Gasteiger partial charge is 0.481 e. The molecule has 5 nitrogen and oxygen atoms in total. The second-order valence-electron chi connectivity index (χ2n) is 3.40. The van der Waals surface area contributed by atoms with E-state index in [-0.39, 0.29) is 0 Å². The maximum atomic E-state index is 10.6. The lowest BCUT2D eigenvalue weighted by Gasteiger charge is -2.07. The van der Waals surface area contributed by atoms with Gasteiger partial charge in [-0.05, 0) is 6.92 Å². The minimum atomic E-state index is -0.828. The molecule has 5 heteroatoms. The van der Waals surface area contributed by atoms with Gasteiger partial charge in [0.05, 0.1) is 30.6 Å². The van der Waals surface area contributed by atoms with E-state index in [0.717, 1.165) is 0 Å². The van der Waals surface area contributed by atoms with E-state index in [1.54, 1.807) is 20.0 Å². The molecular formula is C10H14N2O3. The Hall–Kier alpha value is -1.65. The van der Waals surface area contributed by atoms with Crippen molar-refractivity contribution in [2.45, 2.75) is 20.3 Å². The molecule has 0 aliphatic heterocycles. The molecule has 1 rings (SSSR count). The van der Waals surface area contributed by atoms with Gasteiger partial charge >= 0.3 is 5.97 Å². The van der Waals surface area contributed by atoms with Gasteiger partial charge in [0.15, 0.2) is 0 Å². The number of carbonyl (C=O) groups is 1. The number of aryl methyl sites for hydroxylation is 1. The fourth-order valence-electron chi connectivity index (χ4n) is 1.22. The molecule has 82 valence electrons. The number of carboxylic acid groups (broad SMARTS) is 1. The van der Waals surface area contributed by atoms with Crippen LogP contribution in [0.4, 0.5) is 0 Å². The van der Waals surface area contributed by atoms with Crippen LogP contribution in [0.3, 0.4) is 0 Å². The highest BCUT2D eigenvalue weighted by Crippen LogP contribution is 2.13. The van der Waals surface area contributed by atoms with E-state index >= 15 is 0 Å². The van der Waals surface area contributed by atoms with Crippen LogP contribution in [0.25, 0.3) is 0 Å². The molecule has 1 aromatic heterocycles. The van der Waals surface area contributed by atoms with Crippen molar-refractivity contribution in [2.24, 2.45) is 5.92 Å². The van der Waals surface area contributed by atoms with E-state index in [9.17, 15) is 4.79 Å². The van der Waals surface area contributed by atoms with Crippen LogP contribution in [-0.4, -0.2) is 28.2 Å². The molecular weight excluding hydrogens is 196 g/mol. The molecule has 1 heterocycles. The van der Waals surface area contributed by atoms with Crippen LogP contribution >= 0.6 is 0 Å². The van der Waals surface area contributed by atoms with Crippen LogP contribution in [0.15, 0.2) is 6.20 Å². The number of aromatic nitrogens is 2. The predicted octanol–water partition coefficient (Wildman–Crippen LogP) is 1.06. The van der Waals surface area contributed by atoms with E-state index in [0.29, 0.717) is 23.7 Å². The number of carboxylic acids is 1. The zero-order valence-electron chi connectivity index (χ0n) is 9.02. The zero-order chi connectivity index (χ0) is 11.4. The Labute approximate surface area is 88.1 Å². The fraction of sp³-hybridized carbons (Fsp3) is 0.500. The number of rotatable bonds is 4. The number of aliphatic carboxylic acids is 1. The molecule has 15 heavy (non-hydrogen) atoms. The molecule has 1 N–H and O–H groups in total. The number of hydrogen-bond acceptors (Lipinski definition) is 4. The Bertz CT molecular complexity index is 366. The molecule has 0 aliphatic carbocycles.